The first-order chi connectivity index (χ1) is 8.56. The van der Waals surface area contributed by atoms with Crippen molar-refractivity contribution < 1.29 is 9.53 Å². The van der Waals surface area contributed by atoms with Crippen molar-refractivity contribution in [3.63, 3.8) is 0 Å². The van der Waals surface area contributed by atoms with E-state index in [4.69, 9.17) is 4.74 Å². The van der Waals surface area contributed by atoms with Crippen molar-refractivity contribution in [1.29, 1.82) is 0 Å². The first-order valence-electron chi connectivity index (χ1n) is 5.39. The second-order valence-corrected chi connectivity index (χ2v) is 3.84. The van der Waals surface area contributed by atoms with Gasteiger partial charge in [0, 0.05) is 24.9 Å². The Labute approximate surface area is 104 Å². The number of hydrogen-bond acceptors (Lipinski definition) is 4. The predicted molar refractivity (Wildman–Crippen MR) is 66.0 cm³/mol. The van der Waals surface area contributed by atoms with Gasteiger partial charge in [0.05, 0.1) is 0 Å². The Hall–Kier alpha value is -2.43. The van der Waals surface area contributed by atoms with Crippen LogP contribution in [0.2, 0.25) is 0 Å². The highest BCUT2D eigenvalue weighted by Crippen LogP contribution is 2.18. The number of hydrogen-bond donors (Lipinski definition) is 0. The minimum absolute atomic E-state index is 0.00625. The number of carbonyl (C=O) groups excluding carboxylic acids is 1. The lowest BCUT2D eigenvalue weighted by atomic mass is 10.1. The summed E-state index contributed by atoms with van der Waals surface area (Å²) in [4.78, 5) is 26.1. The third-order valence-corrected chi connectivity index (χ3v) is 2.43. The summed E-state index contributed by atoms with van der Waals surface area (Å²) >= 11 is 0. The average Bonchev–Trinajstić information content (AvgIpc) is 2.34. The lowest BCUT2D eigenvalue weighted by Gasteiger charge is -2.05. The maximum Gasteiger partial charge on any atom is 0.350 e. The van der Waals surface area contributed by atoms with Crippen LogP contribution in [0.15, 0.2) is 41.3 Å². The molecule has 2 aromatic rings. The fourth-order valence-corrected chi connectivity index (χ4v) is 1.39. The molecule has 5 heteroatoms. The molecule has 0 atom stereocenters. The van der Waals surface area contributed by atoms with Gasteiger partial charge in [0.2, 0.25) is 5.88 Å². The van der Waals surface area contributed by atoms with Gasteiger partial charge in [-0.25, -0.2) is 4.79 Å². The van der Waals surface area contributed by atoms with E-state index in [2.05, 4.69) is 4.98 Å². The maximum absolute atomic E-state index is 11.3. The van der Waals surface area contributed by atoms with Crippen LogP contribution in [0.4, 0.5) is 0 Å². The molecule has 0 aliphatic heterocycles. The molecule has 1 aromatic carbocycles. The fraction of sp³-hybridized carbons (Fsp3) is 0.154. The Morgan fingerprint density at radius 1 is 1.22 bits per heavy atom. The largest absolute Gasteiger partial charge is 0.439 e. The Morgan fingerprint density at radius 2 is 1.89 bits per heavy atom. The Morgan fingerprint density at radius 3 is 2.44 bits per heavy atom. The third kappa shape index (κ3) is 2.63. The van der Waals surface area contributed by atoms with Crippen LogP contribution < -0.4 is 10.4 Å². The van der Waals surface area contributed by atoms with E-state index >= 15 is 0 Å². The number of carbonyl (C=O) groups is 1. The minimum atomic E-state index is -0.382. The van der Waals surface area contributed by atoms with Gasteiger partial charge in [-0.1, -0.05) is 0 Å². The van der Waals surface area contributed by atoms with Crippen LogP contribution in [0.3, 0.4) is 0 Å². The van der Waals surface area contributed by atoms with Crippen LogP contribution in [-0.2, 0) is 7.05 Å². The highest BCUT2D eigenvalue weighted by molar-refractivity contribution is 5.94. The molecular formula is C13H12N2O3. The van der Waals surface area contributed by atoms with Crippen LogP contribution in [0.5, 0.6) is 11.6 Å². The van der Waals surface area contributed by atoms with Gasteiger partial charge in [0.15, 0.2) is 5.78 Å². The number of aryl methyl sites for hydroxylation is 1. The summed E-state index contributed by atoms with van der Waals surface area (Å²) in [6.07, 6.45) is 1.58. The van der Waals surface area contributed by atoms with Gasteiger partial charge in [-0.2, -0.15) is 4.98 Å². The van der Waals surface area contributed by atoms with E-state index in [9.17, 15) is 9.59 Å². The van der Waals surface area contributed by atoms with Gasteiger partial charge in [-0.3, -0.25) is 4.79 Å². The van der Waals surface area contributed by atoms with Crippen LogP contribution in [0, 0.1) is 0 Å². The van der Waals surface area contributed by atoms with E-state index in [0.29, 0.717) is 11.3 Å². The Bertz CT molecular complexity index is 629. The fourth-order valence-electron chi connectivity index (χ4n) is 1.39. The quantitative estimate of drug-likeness (QED) is 0.772. The summed E-state index contributed by atoms with van der Waals surface area (Å²) in [5.74, 6) is 0.752. The molecule has 0 amide bonds. The van der Waals surface area contributed by atoms with Crippen LogP contribution in [0.25, 0.3) is 0 Å². The summed E-state index contributed by atoms with van der Waals surface area (Å²) in [6.45, 7) is 1.50. The minimum Gasteiger partial charge on any atom is -0.439 e. The van der Waals surface area contributed by atoms with Crippen LogP contribution in [0.1, 0.15) is 17.3 Å². The zero-order valence-corrected chi connectivity index (χ0v) is 10.1. The molecule has 0 aliphatic carbocycles. The SMILES string of the molecule is CC(=O)c1ccc(Oc2ccn(C)c(=O)n2)cc1. The number of rotatable bonds is 3. The zero-order chi connectivity index (χ0) is 13.1. The van der Waals surface area contributed by atoms with Gasteiger partial charge in [-0.05, 0) is 31.2 Å². The van der Waals surface area contributed by atoms with Gasteiger partial charge >= 0.3 is 5.69 Å². The van der Waals surface area contributed by atoms with Crippen LogP contribution in [-0.4, -0.2) is 15.3 Å². The molecule has 0 N–H and O–H groups in total. The number of benzene rings is 1. The molecule has 1 heterocycles. The van der Waals surface area contributed by atoms with Crippen molar-refractivity contribution in [1.82, 2.24) is 9.55 Å². The molecule has 18 heavy (non-hydrogen) atoms. The smallest absolute Gasteiger partial charge is 0.350 e. The Balaban J connectivity index is 2.20. The second-order valence-electron chi connectivity index (χ2n) is 3.84. The van der Waals surface area contributed by atoms with E-state index in [1.165, 1.54) is 11.5 Å². The summed E-state index contributed by atoms with van der Waals surface area (Å²) in [6, 6.07) is 8.25. The molecule has 0 spiro atoms. The van der Waals surface area contributed by atoms with E-state index < -0.39 is 0 Å². The van der Waals surface area contributed by atoms with E-state index in [-0.39, 0.29) is 17.4 Å². The molecule has 5 nitrogen and oxygen atoms in total. The molecule has 0 saturated heterocycles. The van der Waals surface area contributed by atoms with Crippen molar-refractivity contribution in [2.45, 2.75) is 6.92 Å². The maximum atomic E-state index is 11.3. The molecular weight excluding hydrogens is 232 g/mol. The highest BCUT2D eigenvalue weighted by Gasteiger charge is 2.02. The van der Waals surface area contributed by atoms with Gasteiger partial charge in [0.1, 0.15) is 5.75 Å². The summed E-state index contributed by atoms with van der Waals surface area (Å²) in [5, 5.41) is 0. The molecule has 0 aliphatic rings. The zero-order valence-electron chi connectivity index (χ0n) is 10.1. The number of aromatic nitrogens is 2. The molecule has 92 valence electrons. The topological polar surface area (TPSA) is 61.2 Å². The average molecular weight is 244 g/mol. The van der Waals surface area contributed by atoms with Crippen molar-refractivity contribution in [3.8, 4) is 11.6 Å². The standard InChI is InChI=1S/C13H12N2O3/c1-9(16)10-3-5-11(6-4-10)18-12-7-8-15(2)13(17)14-12/h3-8H,1-2H3. The number of ketones is 1. The Kier molecular flexibility index (Phi) is 3.23. The lowest BCUT2D eigenvalue weighted by molar-refractivity contribution is 0.101. The number of Topliss-reactive ketones (excluding diaryl/α,β-unsaturated/α-hetero) is 1. The van der Waals surface area contributed by atoms with Crippen LogP contribution >= 0.6 is 0 Å². The third-order valence-electron chi connectivity index (χ3n) is 2.43. The normalized spacial score (nSPS) is 10.1. The molecule has 0 saturated carbocycles. The molecule has 0 unspecified atom stereocenters. The van der Waals surface area contributed by atoms with Crippen molar-refractivity contribution >= 4 is 5.78 Å². The molecule has 2 rings (SSSR count). The highest BCUT2D eigenvalue weighted by atomic mass is 16.5. The molecule has 0 radical (unpaired) electrons. The molecule has 0 bridgehead atoms. The van der Waals surface area contributed by atoms with E-state index in [0.717, 1.165) is 0 Å². The lowest BCUT2D eigenvalue weighted by Crippen LogP contribution is -2.18. The second kappa shape index (κ2) is 4.83. The monoisotopic (exact) mass is 244 g/mol. The predicted octanol–water partition coefficient (Wildman–Crippen LogP) is 1.78. The van der Waals surface area contributed by atoms with Crippen molar-refractivity contribution in [2.24, 2.45) is 7.05 Å². The first kappa shape index (κ1) is 12.0. The summed E-state index contributed by atoms with van der Waals surface area (Å²) in [5.41, 5.74) is 0.229. The van der Waals surface area contributed by atoms with E-state index in [1.807, 2.05) is 0 Å². The first-order valence-corrected chi connectivity index (χ1v) is 5.39. The van der Waals surface area contributed by atoms with Gasteiger partial charge in [-0.15, -0.1) is 0 Å². The van der Waals surface area contributed by atoms with Crippen molar-refractivity contribution in [2.75, 3.05) is 0 Å². The number of nitrogens with zero attached hydrogens (tertiary/aromatic N) is 2. The number of ether oxygens (including phenoxy) is 1. The summed E-state index contributed by atoms with van der Waals surface area (Å²) in [7, 11) is 1.61. The van der Waals surface area contributed by atoms with E-state index in [1.54, 1.807) is 43.6 Å². The van der Waals surface area contributed by atoms with Gasteiger partial charge < -0.3 is 9.30 Å². The molecule has 0 fully saturated rings. The summed E-state index contributed by atoms with van der Waals surface area (Å²) < 4.78 is 6.77. The molecule has 1 aromatic heterocycles. The van der Waals surface area contributed by atoms with Crippen molar-refractivity contribution in [3.05, 3.63) is 52.6 Å². The van der Waals surface area contributed by atoms with Gasteiger partial charge in [0.25, 0.3) is 0 Å².